The number of fused-ring (bicyclic) bond motifs is 1. The second-order valence-corrected chi connectivity index (χ2v) is 8.37. The van der Waals surface area contributed by atoms with Gasteiger partial charge in [-0.2, -0.15) is 0 Å². The Hall–Kier alpha value is -2.32. The summed E-state index contributed by atoms with van der Waals surface area (Å²) in [5.74, 6) is -3.97. The van der Waals surface area contributed by atoms with Gasteiger partial charge in [-0.3, -0.25) is 9.69 Å². The van der Waals surface area contributed by atoms with Crippen molar-refractivity contribution in [3.05, 3.63) is 51.8 Å². The van der Waals surface area contributed by atoms with Gasteiger partial charge in [-0.1, -0.05) is 6.42 Å². The van der Waals surface area contributed by atoms with Crippen LogP contribution in [0.3, 0.4) is 0 Å². The van der Waals surface area contributed by atoms with E-state index in [4.69, 9.17) is 0 Å². The molecule has 0 aliphatic carbocycles. The number of anilines is 1. The summed E-state index contributed by atoms with van der Waals surface area (Å²) in [6.45, 7) is 4.50. The standard InChI is InChI=1S/C20H20F3N3OS/c1-11-7-16-19(28-11)13(10-26-5-3-2-4-6-26)17(24-16)20(27)25-18-14(22)8-12(21)9-15(18)23/h7-9,24H,2-6,10H2,1H3,(H,25,27). The van der Waals surface area contributed by atoms with Crippen LogP contribution in [0.5, 0.6) is 0 Å². The van der Waals surface area contributed by atoms with Crippen LogP contribution in [-0.2, 0) is 6.54 Å². The SMILES string of the molecule is Cc1cc2[nH]c(C(=O)Nc3c(F)cc(F)cc3F)c(CN3CCCCC3)c2s1. The molecule has 0 saturated carbocycles. The maximum Gasteiger partial charge on any atom is 0.272 e. The molecular weight excluding hydrogens is 387 g/mol. The van der Waals surface area contributed by atoms with Gasteiger partial charge in [-0.15, -0.1) is 11.3 Å². The molecule has 1 fully saturated rings. The first-order valence-corrected chi connectivity index (χ1v) is 10.0. The summed E-state index contributed by atoms with van der Waals surface area (Å²) >= 11 is 1.58. The zero-order valence-electron chi connectivity index (χ0n) is 15.4. The molecule has 1 aromatic carbocycles. The molecule has 0 bridgehead atoms. The highest BCUT2D eigenvalue weighted by Gasteiger charge is 2.24. The van der Waals surface area contributed by atoms with E-state index in [1.54, 1.807) is 11.3 Å². The Bertz CT molecular complexity index is 1010. The van der Waals surface area contributed by atoms with E-state index in [0.717, 1.165) is 46.6 Å². The average Bonchev–Trinajstić information content (AvgIpc) is 3.16. The number of thiophene rings is 1. The van der Waals surface area contributed by atoms with E-state index in [-0.39, 0.29) is 5.69 Å². The molecule has 0 atom stereocenters. The van der Waals surface area contributed by atoms with Gasteiger partial charge in [0.2, 0.25) is 0 Å². The zero-order valence-corrected chi connectivity index (χ0v) is 16.2. The molecule has 0 spiro atoms. The maximum absolute atomic E-state index is 13.9. The van der Waals surface area contributed by atoms with Crippen LogP contribution in [0.4, 0.5) is 18.9 Å². The van der Waals surface area contributed by atoms with Crippen molar-refractivity contribution in [1.29, 1.82) is 0 Å². The molecule has 2 N–H and O–H groups in total. The first kappa shape index (κ1) is 19.0. The number of nitrogens with zero attached hydrogens (tertiary/aromatic N) is 1. The van der Waals surface area contributed by atoms with E-state index < -0.39 is 29.0 Å². The lowest BCUT2D eigenvalue weighted by atomic mass is 10.1. The summed E-state index contributed by atoms with van der Waals surface area (Å²) in [7, 11) is 0. The fourth-order valence-corrected chi connectivity index (χ4v) is 4.69. The Morgan fingerprint density at radius 2 is 1.82 bits per heavy atom. The van der Waals surface area contributed by atoms with E-state index >= 15 is 0 Å². The van der Waals surface area contributed by atoms with E-state index in [9.17, 15) is 18.0 Å². The minimum Gasteiger partial charge on any atom is -0.350 e. The maximum atomic E-state index is 13.9. The molecule has 1 aliphatic rings. The minimum atomic E-state index is -1.15. The monoisotopic (exact) mass is 407 g/mol. The summed E-state index contributed by atoms with van der Waals surface area (Å²) in [5, 5.41) is 2.26. The zero-order chi connectivity index (χ0) is 19.8. The van der Waals surface area contributed by atoms with Crippen molar-refractivity contribution >= 4 is 33.1 Å². The van der Waals surface area contributed by atoms with Gasteiger partial charge in [0, 0.05) is 29.1 Å². The Kier molecular flexibility index (Phi) is 5.16. The van der Waals surface area contributed by atoms with E-state index in [1.807, 2.05) is 13.0 Å². The third-order valence-corrected chi connectivity index (χ3v) is 6.10. The molecule has 0 radical (unpaired) electrons. The van der Waals surface area contributed by atoms with Gasteiger partial charge in [-0.25, -0.2) is 13.2 Å². The van der Waals surface area contributed by atoms with Crippen molar-refractivity contribution in [2.45, 2.75) is 32.7 Å². The number of carbonyl (C=O) groups is 1. The molecule has 3 aromatic rings. The predicted octanol–water partition coefficient (Wildman–Crippen LogP) is 5.19. The molecule has 28 heavy (non-hydrogen) atoms. The number of aryl methyl sites for hydroxylation is 1. The number of hydrogen-bond acceptors (Lipinski definition) is 3. The summed E-state index contributed by atoms with van der Waals surface area (Å²) in [6, 6.07) is 3.05. The number of piperidine rings is 1. The smallest absolute Gasteiger partial charge is 0.272 e. The van der Waals surface area contributed by atoms with Crippen molar-refractivity contribution in [2.24, 2.45) is 0 Å². The fraction of sp³-hybridized carbons (Fsp3) is 0.350. The molecule has 1 aliphatic heterocycles. The first-order valence-electron chi connectivity index (χ1n) is 9.21. The van der Waals surface area contributed by atoms with Crippen LogP contribution in [0.25, 0.3) is 10.2 Å². The van der Waals surface area contributed by atoms with Gasteiger partial charge in [0.25, 0.3) is 5.91 Å². The topological polar surface area (TPSA) is 48.1 Å². The van der Waals surface area contributed by atoms with Gasteiger partial charge in [0.05, 0.1) is 10.2 Å². The molecule has 8 heteroatoms. The molecule has 148 valence electrons. The van der Waals surface area contributed by atoms with Crippen LogP contribution in [-0.4, -0.2) is 28.9 Å². The number of aromatic amines is 1. The fourth-order valence-electron chi connectivity index (χ4n) is 3.68. The van der Waals surface area contributed by atoms with Crippen LogP contribution in [0.2, 0.25) is 0 Å². The highest BCUT2D eigenvalue weighted by atomic mass is 32.1. The third-order valence-electron chi connectivity index (χ3n) is 4.99. The van der Waals surface area contributed by atoms with Gasteiger partial charge < -0.3 is 10.3 Å². The summed E-state index contributed by atoms with van der Waals surface area (Å²) in [5.41, 5.74) is 1.30. The molecule has 2 aromatic heterocycles. The molecule has 1 saturated heterocycles. The lowest BCUT2D eigenvalue weighted by molar-refractivity contribution is 0.101. The van der Waals surface area contributed by atoms with Gasteiger partial charge >= 0.3 is 0 Å². The summed E-state index contributed by atoms with van der Waals surface area (Å²) in [6.07, 6.45) is 3.43. The number of H-pyrrole nitrogens is 1. The molecule has 4 nitrogen and oxygen atoms in total. The van der Waals surface area contributed by atoms with E-state index in [2.05, 4.69) is 15.2 Å². The van der Waals surface area contributed by atoms with Crippen LogP contribution in [0.15, 0.2) is 18.2 Å². The highest BCUT2D eigenvalue weighted by Crippen LogP contribution is 2.33. The van der Waals surface area contributed by atoms with Crippen molar-refractivity contribution in [3.8, 4) is 0 Å². The van der Waals surface area contributed by atoms with E-state index in [1.165, 1.54) is 6.42 Å². The van der Waals surface area contributed by atoms with Crippen molar-refractivity contribution in [1.82, 2.24) is 9.88 Å². The van der Waals surface area contributed by atoms with Gasteiger partial charge in [0.1, 0.15) is 17.2 Å². The normalized spacial score (nSPS) is 15.3. The Morgan fingerprint density at radius 3 is 2.50 bits per heavy atom. The van der Waals surface area contributed by atoms with Crippen LogP contribution in [0, 0.1) is 24.4 Å². The van der Waals surface area contributed by atoms with Gasteiger partial charge in [0.15, 0.2) is 11.6 Å². The number of benzene rings is 1. The lowest BCUT2D eigenvalue weighted by Crippen LogP contribution is -2.30. The van der Waals surface area contributed by atoms with Crippen molar-refractivity contribution in [3.63, 3.8) is 0 Å². The van der Waals surface area contributed by atoms with Crippen LogP contribution >= 0.6 is 11.3 Å². The Morgan fingerprint density at radius 1 is 1.14 bits per heavy atom. The molecule has 3 heterocycles. The number of rotatable bonds is 4. The van der Waals surface area contributed by atoms with Crippen LogP contribution in [0.1, 0.15) is 40.2 Å². The Balaban J connectivity index is 1.68. The largest absolute Gasteiger partial charge is 0.350 e. The van der Waals surface area contributed by atoms with Crippen molar-refractivity contribution < 1.29 is 18.0 Å². The number of halogens is 3. The van der Waals surface area contributed by atoms with Crippen LogP contribution < -0.4 is 5.32 Å². The quantitative estimate of drug-likeness (QED) is 0.625. The minimum absolute atomic E-state index is 0.287. The molecular formula is C20H20F3N3OS. The summed E-state index contributed by atoms with van der Waals surface area (Å²) < 4.78 is 42.0. The number of hydrogen-bond donors (Lipinski definition) is 2. The van der Waals surface area contributed by atoms with Gasteiger partial charge in [-0.05, 0) is 38.9 Å². The Labute approximate surface area is 164 Å². The average molecular weight is 407 g/mol. The summed E-state index contributed by atoms with van der Waals surface area (Å²) in [4.78, 5) is 19.3. The number of aromatic nitrogens is 1. The number of carbonyl (C=O) groups excluding carboxylic acids is 1. The second-order valence-electron chi connectivity index (χ2n) is 7.11. The van der Waals surface area contributed by atoms with E-state index in [0.29, 0.717) is 18.7 Å². The second kappa shape index (κ2) is 7.60. The highest BCUT2D eigenvalue weighted by molar-refractivity contribution is 7.19. The number of amides is 1. The molecule has 4 rings (SSSR count). The molecule has 0 unspecified atom stereocenters. The number of likely N-dealkylation sites (tertiary alicyclic amines) is 1. The lowest BCUT2D eigenvalue weighted by Gasteiger charge is -2.26. The first-order chi connectivity index (χ1) is 13.4. The third kappa shape index (κ3) is 3.66. The number of nitrogens with one attached hydrogen (secondary N) is 2. The van der Waals surface area contributed by atoms with Crippen molar-refractivity contribution in [2.75, 3.05) is 18.4 Å². The predicted molar refractivity (Wildman–Crippen MR) is 104 cm³/mol. The molecule has 1 amide bonds.